The van der Waals surface area contributed by atoms with Crippen LogP contribution in [0.5, 0.6) is 0 Å². The molecule has 0 amide bonds. The molecule has 5 heteroatoms. The van der Waals surface area contributed by atoms with E-state index in [1.54, 1.807) is 0 Å². The molecule has 0 bridgehead atoms. The fourth-order valence-electron chi connectivity index (χ4n) is 2.51. The van der Waals surface area contributed by atoms with Crippen LogP contribution in [0.25, 0.3) is 0 Å². The Hall–Kier alpha value is -1.26. The van der Waals surface area contributed by atoms with Gasteiger partial charge in [-0.15, -0.1) is 12.4 Å². The van der Waals surface area contributed by atoms with E-state index in [1.165, 1.54) is 0 Å². The molecule has 3 nitrogen and oxygen atoms in total. The number of benzene rings is 2. The summed E-state index contributed by atoms with van der Waals surface area (Å²) >= 11 is 5.95. The molecule has 0 aliphatic rings. The number of likely N-dealkylation sites (N-methyl/N-ethyl adjacent to an activating group) is 2. The number of halogens is 2. The van der Waals surface area contributed by atoms with Gasteiger partial charge in [0.25, 0.3) is 0 Å². The van der Waals surface area contributed by atoms with Gasteiger partial charge in [-0.1, -0.05) is 41.9 Å². The molecular weight excluding hydrogens is 319 g/mol. The molecule has 0 fully saturated rings. The first-order chi connectivity index (χ1) is 10.1. The summed E-state index contributed by atoms with van der Waals surface area (Å²) in [4.78, 5) is 2.08. The molecule has 22 heavy (non-hydrogen) atoms. The highest BCUT2D eigenvalue weighted by atomic mass is 35.5. The van der Waals surface area contributed by atoms with Crippen LogP contribution in [-0.4, -0.2) is 31.9 Å². The maximum atomic E-state index is 10.5. The van der Waals surface area contributed by atoms with Crippen LogP contribution < -0.4 is 10.2 Å². The predicted molar refractivity (Wildman–Crippen MR) is 96.2 cm³/mol. The molecule has 2 atom stereocenters. The Kier molecular flexibility index (Phi) is 7.69. The molecule has 0 saturated heterocycles. The molecule has 2 aromatic rings. The number of nitrogens with one attached hydrogen (secondary N) is 1. The van der Waals surface area contributed by atoms with E-state index in [9.17, 15) is 5.11 Å². The number of hydrogen-bond acceptors (Lipinski definition) is 3. The molecule has 0 saturated carbocycles. The molecule has 0 radical (unpaired) electrons. The average Bonchev–Trinajstić information content (AvgIpc) is 2.49. The maximum absolute atomic E-state index is 10.5. The lowest BCUT2D eigenvalue weighted by Crippen LogP contribution is -2.39. The Morgan fingerprint density at radius 2 is 1.68 bits per heavy atom. The smallest absolute Gasteiger partial charge is 0.0909 e. The molecular formula is C17H22Cl2N2O. The first kappa shape index (κ1) is 18.8. The quantitative estimate of drug-likeness (QED) is 0.844. The minimum absolute atomic E-state index is 0. The predicted octanol–water partition coefficient (Wildman–Crippen LogP) is 3.52. The van der Waals surface area contributed by atoms with E-state index >= 15 is 0 Å². The summed E-state index contributed by atoms with van der Waals surface area (Å²) < 4.78 is 0. The lowest BCUT2D eigenvalue weighted by Gasteiger charge is -2.34. The van der Waals surface area contributed by atoms with Crippen molar-refractivity contribution in [3.63, 3.8) is 0 Å². The number of aliphatic hydroxyl groups excluding tert-OH is 1. The van der Waals surface area contributed by atoms with E-state index in [2.05, 4.69) is 10.2 Å². The zero-order valence-corrected chi connectivity index (χ0v) is 14.3. The van der Waals surface area contributed by atoms with Crippen molar-refractivity contribution < 1.29 is 5.11 Å². The van der Waals surface area contributed by atoms with Crippen molar-refractivity contribution in [2.24, 2.45) is 0 Å². The highest BCUT2D eigenvalue weighted by Crippen LogP contribution is 2.29. The van der Waals surface area contributed by atoms with Gasteiger partial charge in [0.2, 0.25) is 0 Å². The molecule has 0 aromatic heterocycles. The van der Waals surface area contributed by atoms with Gasteiger partial charge in [-0.3, -0.25) is 0 Å². The molecule has 2 unspecified atom stereocenters. The van der Waals surface area contributed by atoms with Crippen molar-refractivity contribution >= 4 is 29.7 Å². The minimum Gasteiger partial charge on any atom is -0.389 e. The summed E-state index contributed by atoms with van der Waals surface area (Å²) in [6.45, 7) is 0.525. The molecule has 120 valence electrons. The van der Waals surface area contributed by atoms with Gasteiger partial charge in [-0.25, -0.2) is 0 Å². The van der Waals surface area contributed by atoms with Crippen LogP contribution in [0.15, 0.2) is 54.6 Å². The fraction of sp³-hybridized carbons (Fsp3) is 0.294. The van der Waals surface area contributed by atoms with Crippen molar-refractivity contribution in [3.05, 3.63) is 65.2 Å². The first-order valence-corrected chi connectivity index (χ1v) is 7.37. The van der Waals surface area contributed by atoms with Gasteiger partial charge in [0.15, 0.2) is 0 Å². The van der Waals surface area contributed by atoms with Crippen molar-refractivity contribution in [2.45, 2.75) is 12.1 Å². The third-order valence-electron chi connectivity index (χ3n) is 3.57. The number of nitrogens with zero attached hydrogens (tertiary/aromatic N) is 1. The van der Waals surface area contributed by atoms with Crippen LogP contribution >= 0.6 is 24.0 Å². The molecule has 0 spiro atoms. The summed E-state index contributed by atoms with van der Waals surface area (Å²) in [5, 5.41) is 14.3. The van der Waals surface area contributed by atoms with Crippen LogP contribution in [0.1, 0.15) is 11.6 Å². The average molecular weight is 341 g/mol. The Bertz CT molecular complexity index is 548. The number of hydrogen-bond donors (Lipinski definition) is 2. The third kappa shape index (κ3) is 4.62. The Morgan fingerprint density at radius 1 is 1.09 bits per heavy atom. The van der Waals surface area contributed by atoms with Crippen LogP contribution in [0, 0.1) is 0 Å². The van der Waals surface area contributed by atoms with E-state index in [0.717, 1.165) is 11.3 Å². The minimum atomic E-state index is -0.516. The molecule has 0 aliphatic carbocycles. The van der Waals surface area contributed by atoms with E-state index in [-0.39, 0.29) is 18.4 Å². The van der Waals surface area contributed by atoms with Gasteiger partial charge in [0.1, 0.15) is 0 Å². The van der Waals surface area contributed by atoms with Gasteiger partial charge in [0, 0.05) is 24.3 Å². The molecule has 2 N–H and O–H groups in total. The summed E-state index contributed by atoms with van der Waals surface area (Å²) in [7, 11) is 3.83. The van der Waals surface area contributed by atoms with Gasteiger partial charge in [0.05, 0.1) is 12.1 Å². The van der Waals surface area contributed by atoms with E-state index in [4.69, 9.17) is 11.6 Å². The topological polar surface area (TPSA) is 35.5 Å². The highest BCUT2D eigenvalue weighted by Gasteiger charge is 2.25. The van der Waals surface area contributed by atoms with Crippen molar-refractivity contribution in [3.8, 4) is 0 Å². The van der Waals surface area contributed by atoms with Gasteiger partial charge >= 0.3 is 0 Å². The lowest BCUT2D eigenvalue weighted by molar-refractivity contribution is 0.142. The molecule has 2 aromatic carbocycles. The molecule has 0 heterocycles. The van der Waals surface area contributed by atoms with Crippen molar-refractivity contribution in [1.82, 2.24) is 5.32 Å². The van der Waals surface area contributed by atoms with Crippen LogP contribution in [-0.2, 0) is 0 Å². The van der Waals surface area contributed by atoms with Crippen molar-refractivity contribution in [1.29, 1.82) is 0 Å². The second-order valence-corrected chi connectivity index (χ2v) is 5.50. The summed E-state index contributed by atoms with van der Waals surface area (Å²) in [6, 6.07) is 17.6. The van der Waals surface area contributed by atoms with E-state index in [0.29, 0.717) is 11.6 Å². The SMILES string of the molecule is CNCC(O)C(c1ccccc1)N(C)c1ccc(Cl)cc1.Cl. The Morgan fingerprint density at radius 3 is 2.23 bits per heavy atom. The van der Waals surface area contributed by atoms with Crippen molar-refractivity contribution in [2.75, 3.05) is 25.5 Å². The van der Waals surface area contributed by atoms with Crippen LogP contribution in [0.2, 0.25) is 5.02 Å². The summed E-state index contributed by atoms with van der Waals surface area (Å²) in [6.07, 6.45) is -0.516. The second kappa shape index (κ2) is 9.01. The number of rotatable bonds is 6. The van der Waals surface area contributed by atoms with Gasteiger partial charge in [-0.05, 0) is 36.9 Å². The third-order valence-corrected chi connectivity index (χ3v) is 3.82. The second-order valence-electron chi connectivity index (χ2n) is 5.07. The van der Waals surface area contributed by atoms with Gasteiger partial charge < -0.3 is 15.3 Å². The number of anilines is 1. The largest absolute Gasteiger partial charge is 0.389 e. The van der Waals surface area contributed by atoms with E-state index < -0.39 is 6.10 Å². The van der Waals surface area contributed by atoms with Gasteiger partial charge in [-0.2, -0.15) is 0 Å². The standard InChI is InChI=1S/C17H21ClN2O.ClH/c1-19-12-16(21)17(13-6-4-3-5-7-13)20(2)15-10-8-14(18)9-11-15;/h3-11,16-17,19,21H,12H2,1-2H3;1H. The summed E-state index contributed by atoms with van der Waals surface area (Å²) in [5.41, 5.74) is 2.10. The normalized spacial score (nSPS) is 13.1. The lowest BCUT2D eigenvalue weighted by atomic mass is 9.99. The Balaban J connectivity index is 0.00000242. The fourth-order valence-corrected chi connectivity index (χ4v) is 2.64. The molecule has 2 rings (SSSR count). The monoisotopic (exact) mass is 340 g/mol. The summed E-state index contributed by atoms with van der Waals surface area (Å²) in [5.74, 6) is 0. The Labute approximate surface area is 143 Å². The number of aliphatic hydroxyl groups is 1. The zero-order valence-electron chi connectivity index (χ0n) is 12.7. The highest BCUT2D eigenvalue weighted by molar-refractivity contribution is 6.30. The van der Waals surface area contributed by atoms with E-state index in [1.807, 2.05) is 68.7 Å². The molecule has 0 aliphatic heterocycles. The first-order valence-electron chi connectivity index (χ1n) is 6.99. The zero-order chi connectivity index (χ0) is 15.2. The van der Waals surface area contributed by atoms with Crippen LogP contribution in [0.3, 0.4) is 0 Å². The van der Waals surface area contributed by atoms with Crippen LogP contribution in [0.4, 0.5) is 5.69 Å². The maximum Gasteiger partial charge on any atom is 0.0909 e.